The molecule has 7 heteroatoms. The molecule has 2 rings (SSSR count). The van der Waals surface area contributed by atoms with E-state index in [0.29, 0.717) is 29.6 Å². The second kappa shape index (κ2) is 5.79. The fraction of sp³-hybridized carbons (Fsp3) is 0.333. The van der Waals surface area contributed by atoms with Crippen LogP contribution in [-0.4, -0.2) is 21.0 Å². The molecule has 19 heavy (non-hydrogen) atoms. The molecule has 6 nitrogen and oxygen atoms in total. The molecule has 0 saturated heterocycles. The van der Waals surface area contributed by atoms with Crippen molar-refractivity contribution in [2.45, 2.75) is 19.8 Å². The molecule has 0 aliphatic carbocycles. The van der Waals surface area contributed by atoms with Crippen molar-refractivity contribution in [2.75, 3.05) is 5.88 Å². The Kier molecular flexibility index (Phi) is 4.11. The lowest BCUT2D eigenvalue weighted by Crippen LogP contribution is -1.90. The lowest BCUT2D eigenvalue weighted by molar-refractivity contribution is -0.384. The second-order valence-electron chi connectivity index (χ2n) is 4.05. The Morgan fingerprint density at radius 1 is 1.42 bits per heavy atom. The van der Waals surface area contributed by atoms with Crippen molar-refractivity contribution in [3.05, 3.63) is 39.8 Å². The van der Waals surface area contributed by atoms with Crippen LogP contribution in [-0.2, 0) is 6.42 Å². The van der Waals surface area contributed by atoms with Crippen LogP contribution in [0.4, 0.5) is 5.69 Å². The largest absolute Gasteiger partial charge is 0.421 e. The summed E-state index contributed by atoms with van der Waals surface area (Å²) in [5.41, 5.74) is 1.47. The fourth-order valence-corrected chi connectivity index (χ4v) is 1.82. The highest BCUT2D eigenvalue weighted by atomic mass is 35.5. The number of rotatable bonds is 5. The van der Waals surface area contributed by atoms with Crippen molar-refractivity contribution in [3.8, 4) is 11.5 Å². The van der Waals surface area contributed by atoms with E-state index in [0.717, 1.165) is 12.0 Å². The van der Waals surface area contributed by atoms with E-state index >= 15 is 0 Å². The van der Waals surface area contributed by atoms with E-state index in [-0.39, 0.29) is 5.69 Å². The Balaban J connectivity index is 2.26. The molecule has 2 aromatic rings. The SMILES string of the molecule is Cc1cc([N+](=O)[O-])ccc1-c1nnc(CCCCl)o1. The normalized spacial score (nSPS) is 10.6. The first-order chi connectivity index (χ1) is 9.11. The Hall–Kier alpha value is -1.95. The third-order valence-corrected chi connectivity index (χ3v) is 2.91. The smallest absolute Gasteiger partial charge is 0.269 e. The van der Waals surface area contributed by atoms with Crippen LogP contribution >= 0.6 is 11.6 Å². The number of nitro benzene ring substituents is 1. The number of aryl methyl sites for hydroxylation is 2. The Morgan fingerprint density at radius 3 is 2.84 bits per heavy atom. The van der Waals surface area contributed by atoms with Gasteiger partial charge < -0.3 is 4.42 Å². The first-order valence-electron chi connectivity index (χ1n) is 5.75. The van der Waals surface area contributed by atoms with Gasteiger partial charge in [0.1, 0.15) is 0 Å². The molecule has 100 valence electrons. The summed E-state index contributed by atoms with van der Waals surface area (Å²) in [6, 6.07) is 4.52. The van der Waals surface area contributed by atoms with Crippen LogP contribution in [0.15, 0.2) is 22.6 Å². The number of halogens is 1. The monoisotopic (exact) mass is 281 g/mol. The zero-order valence-electron chi connectivity index (χ0n) is 10.3. The lowest BCUT2D eigenvalue weighted by atomic mass is 10.1. The standard InChI is InChI=1S/C12H12ClN3O3/c1-8-7-9(16(17)18)4-5-10(8)12-15-14-11(19-12)3-2-6-13/h4-5,7H,2-3,6H2,1H3. The second-order valence-corrected chi connectivity index (χ2v) is 4.43. The van der Waals surface area contributed by atoms with Gasteiger partial charge in [-0.15, -0.1) is 21.8 Å². The molecule has 0 saturated carbocycles. The molecular weight excluding hydrogens is 270 g/mol. The zero-order valence-corrected chi connectivity index (χ0v) is 11.1. The van der Waals surface area contributed by atoms with Gasteiger partial charge in [-0.3, -0.25) is 10.1 Å². The van der Waals surface area contributed by atoms with Crippen LogP contribution in [0.3, 0.4) is 0 Å². The maximum atomic E-state index is 10.7. The minimum Gasteiger partial charge on any atom is -0.421 e. The molecule has 0 aliphatic heterocycles. The number of nitrogens with zero attached hydrogens (tertiary/aromatic N) is 3. The maximum absolute atomic E-state index is 10.7. The predicted octanol–water partition coefficient (Wildman–Crippen LogP) is 3.12. The van der Waals surface area contributed by atoms with Crippen molar-refractivity contribution in [1.82, 2.24) is 10.2 Å². The van der Waals surface area contributed by atoms with E-state index in [1.807, 2.05) is 0 Å². The van der Waals surface area contributed by atoms with Crippen molar-refractivity contribution < 1.29 is 9.34 Å². The lowest BCUT2D eigenvalue weighted by Gasteiger charge is -2.00. The van der Waals surface area contributed by atoms with Crippen LogP contribution in [0.25, 0.3) is 11.5 Å². The number of non-ortho nitro benzene ring substituents is 1. The van der Waals surface area contributed by atoms with Gasteiger partial charge >= 0.3 is 0 Å². The van der Waals surface area contributed by atoms with Crippen molar-refractivity contribution in [2.24, 2.45) is 0 Å². The van der Waals surface area contributed by atoms with Gasteiger partial charge in [-0.05, 0) is 25.0 Å². The topological polar surface area (TPSA) is 82.1 Å². The number of hydrogen-bond donors (Lipinski definition) is 0. The highest BCUT2D eigenvalue weighted by Gasteiger charge is 2.14. The predicted molar refractivity (Wildman–Crippen MR) is 70.2 cm³/mol. The number of hydrogen-bond acceptors (Lipinski definition) is 5. The molecule has 0 bridgehead atoms. The molecule has 0 atom stereocenters. The van der Waals surface area contributed by atoms with Gasteiger partial charge in [0, 0.05) is 30.0 Å². The Bertz CT molecular complexity index is 598. The van der Waals surface area contributed by atoms with Gasteiger partial charge in [0.25, 0.3) is 5.69 Å². The summed E-state index contributed by atoms with van der Waals surface area (Å²) in [4.78, 5) is 10.2. The van der Waals surface area contributed by atoms with Gasteiger partial charge in [-0.25, -0.2) is 0 Å². The van der Waals surface area contributed by atoms with Gasteiger partial charge in [-0.2, -0.15) is 0 Å². The Morgan fingerprint density at radius 2 is 2.21 bits per heavy atom. The highest BCUT2D eigenvalue weighted by Crippen LogP contribution is 2.26. The minimum absolute atomic E-state index is 0.0446. The molecule has 1 heterocycles. The van der Waals surface area contributed by atoms with Gasteiger partial charge in [0.15, 0.2) is 0 Å². The van der Waals surface area contributed by atoms with Crippen molar-refractivity contribution in [3.63, 3.8) is 0 Å². The summed E-state index contributed by atoms with van der Waals surface area (Å²) in [6.07, 6.45) is 1.39. The summed E-state index contributed by atoms with van der Waals surface area (Å²) >= 11 is 5.59. The summed E-state index contributed by atoms with van der Waals surface area (Å²) < 4.78 is 5.50. The molecule has 1 aromatic carbocycles. The van der Waals surface area contributed by atoms with E-state index in [9.17, 15) is 10.1 Å². The number of aromatic nitrogens is 2. The van der Waals surface area contributed by atoms with E-state index in [1.54, 1.807) is 13.0 Å². The van der Waals surface area contributed by atoms with Gasteiger partial charge in [-0.1, -0.05) is 0 Å². The maximum Gasteiger partial charge on any atom is 0.269 e. The molecule has 1 aromatic heterocycles. The van der Waals surface area contributed by atoms with Crippen LogP contribution in [0.2, 0.25) is 0 Å². The van der Waals surface area contributed by atoms with Gasteiger partial charge in [0.05, 0.1) is 4.92 Å². The van der Waals surface area contributed by atoms with E-state index in [2.05, 4.69) is 10.2 Å². The van der Waals surface area contributed by atoms with E-state index in [1.165, 1.54) is 12.1 Å². The molecule has 0 N–H and O–H groups in total. The van der Waals surface area contributed by atoms with E-state index in [4.69, 9.17) is 16.0 Å². The van der Waals surface area contributed by atoms with Crippen LogP contribution < -0.4 is 0 Å². The van der Waals surface area contributed by atoms with Crippen LogP contribution in [0.5, 0.6) is 0 Å². The number of nitro groups is 1. The summed E-state index contributed by atoms with van der Waals surface area (Å²) in [5.74, 6) is 1.43. The first-order valence-corrected chi connectivity index (χ1v) is 6.29. The number of alkyl halides is 1. The highest BCUT2D eigenvalue weighted by molar-refractivity contribution is 6.17. The molecule has 0 aliphatic rings. The van der Waals surface area contributed by atoms with E-state index < -0.39 is 4.92 Å². The zero-order chi connectivity index (χ0) is 13.8. The molecule has 0 fully saturated rings. The van der Waals surface area contributed by atoms with Crippen molar-refractivity contribution in [1.29, 1.82) is 0 Å². The average molecular weight is 282 g/mol. The first kappa shape index (κ1) is 13.5. The molecule has 0 unspecified atom stereocenters. The quantitative estimate of drug-likeness (QED) is 0.478. The van der Waals surface area contributed by atoms with Crippen LogP contribution in [0, 0.1) is 17.0 Å². The van der Waals surface area contributed by atoms with Crippen molar-refractivity contribution >= 4 is 17.3 Å². The molecular formula is C12H12ClN3O3. The third kappa shape index (κ3) is 3.08. The molecule has 0 amide bonds. The molecule has 0 radical (unpaired) electrons. The third-order valence-electron chi connectivity index (χ3n) is 2.64. The summed E-state index contributed by atoms with van der Waals surface area (Å²) in [5, 5.41) is 18.5. The van der Waals surface area contributed by atoms with Crippen LogP contribution in [0.1, 0.15) is 17.9 Å². The summed E-state index contributed by atoms with van der Waals surface area (Å²) in [7, 11) is 0. The fourth-order valence-electron chi connectivity index (χ4n) is 1.68. The summed E-state index contributed by atoms with van der Waals surface area (Å²) in [6.45, 7) is 1.77. The average Bonchev–Trinajstić information content (AvgIpc) is 2.84. The number of benzene rings is 1. The minimum atomic E-state index is -0.434. The molecule has 0 spiro atoms. The Labute approximate surface area is 114 Å². The van der Waals surface area contributed by atoms with Gasteiger partial charge in [0.2, 0.25) is 11.8 Å².